The number of hydrogen-bond acceptors (Lipinski definition) is 2. The van der Waals surface area contributed by atoms with Crippen LogP contribution in [-0.4, -0.2) is 29.7 Å². The second-order valence-corrected chi connectivity index (χ2v) is 4.81. The molecule has 1 aliphatic carbocycles. The Morgan fingerprint density at radius 2 is 2.08 bits per heavy atom. The van der Waals surface area contributed by atoms with Gasteiger partial charge in [-0.3, -0.25) is 9.59 Å². The molecular weight excluding hydrogens is 166 g/mol. The van der Waals surface area contributed by atoms with Crippen molar-refractivity contribution in [3.8, 4) is 0 Å². The molecule has 2 fully saturated rings. The SMILES string of the molecule is CC1(C)CC1CN1CCC(=O)C1=O. The van der Waals surface area contributed by atoms with Gasteiger partial charge in [0.05, 0.1) is 0 Å². The number of amides is 1. The summed E-state index contributed by atoms with van der Waals surface area (Å²) in [4.78, 5) is 23.9. The van der Waals surface area contributed by atoms with Gasteiger partial charge in [0, 0.05) is 19.5 Å². The third-order valence-electron chi connectivity index (χ3n) is 3.29. The zero-order valence-electron chi connectivity index (χ0n) is 8.17. The fourth-order valence-corrected chi connectivity index (χ4v) is 1.95. The number of Topliss-reactive ketones (excluding diaryl/α,β-unsaturated/α-hetero) is 1. The van der Waals surface area contributed by atoms with Gasteiger partial charge in [0.1, 0.15) is 0 Å². The standard InChI is InChI=1S/C10H15NO2/c1-10(2)5-7(10)6-11-4-3-8(12)9(11)13/h7H,3-6H2,1-2H3. The molecule has 1 atom stereocenters. The Hall–Kier alpha value is -0.860. The van der Waals surface area contributed by atoms with E-state index in [1.54, 1.807) is 4.90 Å². The molecule has 1 amide bonds. The summed E-state index contributed by atoms with van der Waals surface area (Å²) in [7, 11) is 0. The van der Waals surface area contributed by atoms with Gasteiger partial charge in [0.2, 0.25) is 5.78 Å². The van der Waals surface area contributed by atoms with Gasteiger partial charge in [0.15, 0.2) is 0 Å². The molecule has 2 rings (SSSR count). The fourth-order valence-electron chi connectivity index (χ4n) is 1.95. The molecule has 1 aliphatic heterocycles. The number of nitrogens with zero attached hydrogens (tertiary/aromatic N) is 1. The highest BCUT2D eigenvalue weighted by atomic mass is 16.2. The van der Waals surface area contributed by atoms with Crippen LogP contribution in [0.4, 0.5) is 0 Å². The van der Waals surface area contributed by atoms with Gasteiger partial charge in [-0.2, -0.15) is 0 Å². The number of rotatable bonds is 2. The van der Waals surface area contributed by atoms with Gasteiger partial charge in [0.25, 0.3) is 5.91 Å². The summed E-state index contributed by atoms with van der Waals surface area (Å²) in [6.45, 7) is 5.85. The minimum Gasteiger partial charge on any atom is -0.335 e. The molecule has 0 aromatic carbocycles. The minimum absolute atomic E-state index is 0.210. The van der Waals surface area contributed by atoms with Crippen molar-refractivity contribution in [1.82, 2.24) is 4.90 Å². The highest BCUT2D eigenvalue weighted by Gasteiger charge is 2.47. The molecule has 0 bridgehead atoms. The Bertz CT molecular complexity index is 270. The number of carbonyl (C=O) groups is 2. The van der Waals surface area contributed by atoms with E-state index in [1.807, 2.05) is 0 Å². The van der Waals surface area contributed by atoms with E-state index in [0.717, 1.165) is 6.54 Å². The summed E-state index contributed by atoms with van der Waals surface area (Å²) < 4.78 is 0. The van der Waals surface area contributed by atoms with E-state index in [9.17, 15) is 9.59 Å². The Labute approximate surface area is 78.1 Å². The van der Waals surface area contributed by atoms with Crippen LogP contribution >= 0.6 is 0 Å². The molecule has 13 heavy (non-hydrogen) atoms. The number of ketones is 1. The monoisotopic (exact) mass is 181 g/mol. The first-order valence-electron chi connectivity index (χ1n) is 4.83. The highest BCUT2D eigenvalue weighted by molar-refractivity contribution is 6.37. The van der Waals surface area contributed by atoms with Crippen molar-refractivity contribution in [1.29, 1.82) is 0 Å². The van der Waals surface area contributed by atoms with Crippen LogP contribution in [0.3, 0.4) is 0 Å². The van der Waals surface area contributed by atoms with Crippen LogP contribution in [-0.2, 0) is 9.59 Å². The molecular formula is C10H15NO2. The molecule has 0 spiro atoms. The van der Waals surface area contributed by atoms with Crippen LogP contribution < -0.4 is 0 Å². The predicted octanol–water partition coefficient (Wildman–Crippen LogP) is 0.834. The van der Waals surface area contributed by atoms with E-state index in [2.05, 4.69) is 13.8 Å². The fraction of sp³-hybridized carbons (Fsp3) is 0.800. The summed E-state index contributed by atoms with van der Waals surface area (Å²) >= 11 is 0. The van der Waals surface area contributed by atoms with Crippen molar-refractivity contribution < 1.29 is 9.59 Å². The summed E-state index contributed by atoms with van der Waals surface area (Å²) in [5.74, 6) is 0.142. The molecule has 3 heteroatoms. The minimum atomic E-state index is -0.261. The molecule has 1 unspecified atom stereocenters. The Balaban J connectivity index is 1.90. The topological polar surface area (TPSA) is 37.4 Å². The van der Waals surface area contributed by atoms with Crippen molar-refractivity contribution in [2.24, 2.45) is 11.3 Å². The lowest BCUT2D eigenvalue weighted by Crippen LogP contribution is -2.30. The average Bonchev–Trinajstić information content (AvgIpc) is 2.53. The van der Waals surface area contributed by atoms with E-state index in [4.69, 9.17) is 0 Å². The first-order chi connectivity index (χ1) is 6.00. The zero-order valence-corrected chi connectivity index (χ0v) is 8.17. The number of likely N-dealkylation sites (tertiary alicyclic amines) is 1. The highest BCUT2D eigenvalue weighted by Crippen LogP contribution is 2.51. The van der Waals surface area contributed by atoms with Crippen LogP contribution in [0.15, 0.2) is 0 Å². The third-order valence-corrected chi connectivity index (χ3v) is 3.29. The first kappa shape index (κ1) is 8.73. The largest absolute Gasteiger partial charge is 0.335 e. The maximum Gasteiger partial charge on any atom is 0.290 e. The molecule has 0 aromatic heterocycles. The summed E-state index contributed by atoms with van der Waals surface area (Å²) in [6.07, 6.45) is 1.61. The molecule has 1 saturated heterocycles. The Morgan fingerprint density at radius 3 is 2.46 bits per heavy atom. The molecule has 0 aromatic rings. The molecule has 2 aliphatic rings. The van der Waals surface area contributed by atoms with Gasteiger partial charge >= 0.3 is 0 Å². The van der Waals surface area contributed by atoms with Gasteiger partial charge in [-0.15, -0.1) is 0 Å². The summed E-state index contributed by atoms with van der Waals surface area (Å²) in [5.41, 5.74) is 0.395. The normalized spacial score (nSPS) is 31.2. The third kappa shape index (κ3) is 1.47. The zero-order chi connectivity index (χ0) is 9.64. The van der Waals surface area contributed by atoms with Gasteiger partial charge in [-0.25, -0.2) is 0 Å². The quantitative estimate of drug-likeness (QED) is 0.592. The molecule has 72 valence electrons. The van der Waals surface area contributed by atoms with Crippen LogP contribution in [0, 0.1) is 11.3 Å². The van der Waals surface area contributed by atoms with Gasteiger partial charge < -0.3 is 4.90 Å². The van der Waals surface area contributed by atoms with Gasteiger partial charge in [-0.05, 0) is 17.8 Å². The van der Waals surface area contributed by atoms with Crippen molar-refractivity contribution in [3.63, 3.8) is 0 Å². The molecule has 3 nitrogen and oxygen atoms in total. The molecule has 1 saturated carbocycles. The lowest BCUT2D eigenvalue weighted by atomic mass is 10.1. The van der Waals surface area contributed by atoms with Crippen LogP contribution in [0.5, 0.6) is 0 Å². The maximum absolute atomic E-state index is 11.3. The molecule has 1 heterocycles. The van der Waals surface area contributed by atoms with E-state index in [1.165, 1.54) is 6.42 Å². The lowest BCUT2D eigenvalue weighted by molar-refractivity contribution is -0.140. The summed E-state index contributed by atoms with van der Waals surface area (Å²) in [6, 6.07) is 0. The first-order valence-corrected chi connectivity index (χ1v) is 4.83. The smallest absolute Gasteiger partial charge is 0.290 e. The van der Waals surface area contributed by atoms with Crippen molar-refractivity contribution >= 4 is 11.7 Å². The average molecular weight is 181 g/mol. The van der Waals surface area contributed by atoms with E-state index >= 15 is 0 Å². The van der Waals surface area contributed by atoms with Crippen LogP contribution in [0.2, 0.25) is 0 Å². The van der Waals surface area contributed by atoms with E-state index < -0.39 is 0 Å². The van der Waals surface area contributed by atoms with E-state index in [0.29, 0.717) is 24.3 Å². The molecule has 0 radical (unpaired) electrons. The second-order valence-electron chi connectivity index (χ2n) is 4.81. The Morgan fingerprint density at radius 1 is 1.46 bits per heavy atom. The molecule has 0 N–H and O–H groups in total. The van der Waals surface area contributed by atoms with E-state index in [-0.39, 0.29) is 11.7 Å². The van der Waals surface area contributed by atoms with Crippen molar-refractivity contribution in [2.75, 3.05) is 13.1 Å². The Kier molecular flexibility index (Phi) is 1.72. The van der Waals surface area contributed by atoms with Crippen molar-refractivity contribution in [3.05, 3.63) is 0 Å². The lowest BCUT2D eigenvalue weighted by Gasteiger charge is -2.14. The van der Waals surface area contributed by atoms with Crippen LogP contribution in [0.1, 0.15) is 26.7 Å². The predicted molar refractivity (Wildman–Crippen MR) is 48.1 cm³/mol. The van der Waals surface area contributed by atoms with Gasteiger partial charge in [-0.1, -0.05) is 13.8 Å². The maximum atomic E-state index is 11.3. The number of hydrogen-bond donors (Lipinski definition) is 0. The van der Waals surface area contributed by atoms with Crippen LogP contribution in [0.25, 0.3) is 0 Å². The van der Waals surface area contributed by atoms with Crippen molar-refractivity contribution in [2.45, 2.75) is 26.7 Å². The number of carbonyl (C=O) groups excluding carboxylic acids is 2. The summed E-state index contributed by atoms with van der Waals surface area (Å²) in [5, 5.41) is 0. The second kappa shape index (κ2) is 2.56.